The molecule has 5 nitrogen and oxygen atoms in total. The van der Waals surface area contributed by atoms with Crippen LogP contribution in [0, 0.1) is 15.5 Å². The molecule has 0 saturated carbocycles. The Hall–Kier alpha value is -1.43. The lowest BCUT2D eigenvalue weighted by atomic mass is 9.88. The Morgan fingerprint density at radius 2 is 2.00 bits per heavy atom. The summed E-state index contributed by atoms with van der Waals surface area (Å²) in [5.41, 5.74) is 0.0881. The van der Waals surface area contributed by atoms with Gasteiger partial charge in [-0.15, -0.1) is 0 Å². The summed E-state index contributed by atoms with van der Waals surface area (Å²) < 4.78 is 0.539. The largest absolute Gasteiger partial charge is 0.349 e. The van der Waals surface area contributed by atoms with Gasteiger partial charge in [-0.3, -0.25) is 14.9 Å². The van der Waals surface area contributed by atoms with Crippen LogP contribution in [0.15, 0.2) is 22.7 Å². The molecule has 0 aliphatic heterocycles. The number of hydrogen-bond donors (Lipinski definition) is 1. The summed E-state index contributed by atoms with van der Waals surface area (Å²) in [6.45, 7) is 7.95. The minimum Gasteiger partial charge on any atom is -0.349 e. The predicted molar refractivity (Wildman–Crippen MR) is 77.2 cm³/mol. The van der Waals surface area contributed by atoms with Gasteiger partial charge >= 0.3 is 0 Å². The fraction of sp³-hybridized carbons (Fsp3) is 0.462. The van der Waals surface area contributed by atoms with Crippen LogP contribution in [-0.2, 0) is 0 Å². The summed E-state index contributed by atoms with van der Waals surface area (Å²) in [5.74, 6) is -0.321. The van der Waals surface area contributed by atoms with Crippen molar-refractivity contribution in [3.63, 3.8) is 0 Å². The van der Waals surface area contributed by atoms with Crippen molar-refractivity contribution < 1.29 is 9.72 Å². The Labute approximate surface area is 120 Å². The molecule has 19 heavy (non-hydrogen) atoms. The average Bonchev–Trinajstić information content (AvgIpc) is 2.27. The van der Waals surface area contributed by atoms with E-state index in [0.717, 1.165) is 0 Å². The predicted octanol–water partition coefficient (Wildman–Crippen LogP) is 3.52. The molecule has 0 radical (unpaired) electrons. The van der Waals surface area contributed by atoms with Gasteiger partial charge in [0, 0.05) is 22.6 Å². The van der Waals surface area contributed by atoms with Crippen LogP contribution in [0.5, 0.6) is 0 Å². The molecule has 104 valence electrons. The van der Waals surface area contributed by atoms with E-state index in [0.29, 0.717) is 4.47 Å². The highest BCUT2D eigenvalue weighted by molar-refractivity contribution is 9.10. The highest BCUT2D eigenvalue weighted by Crippen LogP contribution is 2.24. The molecule has 1 rings (SSSR count). The van der Waals surface area contributed by atoms with Gasteiger partial charge in [0.15, 0.2) is 0 Å². The maximum Gasteiger partial charge on any atom is 0.270 e. The average molecular weight is 329 g/mol. The molecule has 1 N–H and O–H groups in total. The second kappa shape index (κ2) is 5.69. The number of hydrogen-bond acceptors (Lipinski definition) is 3. The van der Waals surface area contributed by atoms with E-state index in [9.17, 15) is 14.9 Å². The Kier molecular flexibility index (Phi) is 4.68. The number of amides is 1. The maximum absolute atomic E-state index is 12.1. The van der Waals surface area contributed by atoms with Gasteiger partial charge in [-0.05, 0) is 34.3 Å². The molecule has 0 fully saturated rings. The number of halogens is 1. The number of nitro groups is 1. The topological polar surface area (TPSA) is 72.2 Å². The highest BCUT2D eigenvalue weighted by Gasteiger charge is 2.23. The third-order valence-electron chi connectivity index (χ3n) is 3.05. The molecular weight excluding hydrogens is 312 g/mol. The number of nitro benzene ring substituents is 1. The molecular formula is C13H17BrN2O3. The van der Waals surface area contributed by atoms with E-state index in [-0.39, 0.29) is 28.6 Å². The molecule has 6 heteroatoms. The van der Waals surface area contributed by atoms with Gasteiger partial charge in [0.05, 0.1) is 10.5 Å². The van der Waals surface area contributed by atoms with Crippen LogP contribution in [0.1, 0.15) is 38.1 Å². The molecule has 0 unspecified atom stereocenters. The normalized spacial score (nSPS) is 12.9. The zero-order valence-corrected chi connectivity index (χ0v) is 12.9. The zero-order chi connectivity index (χ0) is 14.8. The Bertz CT molecular complexity index is 509. The first-order valence-corrected chi connectivity index (χ1v) is 6.67. The maximum atomic E-state index is 12.1. The first-order chi connectivity index (χ1) is 8.62. The van der Waals surface area contributed by atoms with Gasteiger partial charge in [0.25, 0.3) is 11.6 Å². The van der Waals surface area contributed by atoms with E-state index in [1.165, 1.54) is 18.2 Å². The summed E-state index contributed by atoms with van der Waals surface area (Å²) in [6.07, 6.45) is 0. The van der Waals surface area contributed by atoms with E-state index in [4.69, 9.17) is 0 Å². The quantitative estimate of drug-likeness (QED) is 0.681. The molecule has 1 aromatic carbocycles. The van der Waals surface area contributed by atoms with Gasteiger partial charge < -0.3 is 5.32 Å². The molecule has 0 heterocycles. The zero-order valence-electron chi connectivity index (χ0n) is 11.4. The smallest absolute Gasteiger partial charge is 0.270 e. The third kappa shape index (κ3) is 4.02. The summed E-state index contributed by atoms with van der Waals surface area (Å²) >= 11 is 3.24. The number of carbonyl (C=O) groups is 1. The van der Waals surface area contributed by atoms with Gasteiger partial charge in [-0.25, -0.2) is 0 Å². The lowest BCUT2D eigenvalue weighted by Gasteiger charge is -2.28. The lowest BCUT2D eigenvalue weighted by molar-refractivity contribution is -0.384. The van der Waals surface area contributed by atoms with Crippen molar-refractivity contribution >= 4 is 27.5 Å². The molecule has 1 aromatic rings. The first-order valence-electron chi connectivity index (χ1n) is 5.87. The minimum absolute atomic E-state index is 0.0498. The Balaban J connectivity index is 3.00. The fourth-order valence-corrected chi connectivity index (χ4v) is 1.72. The van der Waals surface area contributed by atoms with Gasteiger partial charge in [-0.1, -0.05) is 20.8 Å². The third-order valence-corrected chi connectivity index (χ3v) is 3.74. The lowest BCUT2D eigenvalue weighted by Crippen LogP contribution is -2.41. The Morgan fingerprint density at radius 1 is 1.42 bits per heavy atom. The summed E-state index contributed by atoms with van der Waals surface area (Å²) in [7, 11) is 0. The molecule has 0 bridgehead atoms. The second-order valence-corrected chi connectivity index (χ2v) is 6.34. The van der Waals surface area contributed by atoms with Crippen molar-refractivity contribution in [2.24, 2.45) is 5.41 Å². The van der Waals surface area contributed by atoms with Gasteiger partial charge in [0.2, 0.25) is 0 Å². The van der Waals surface area contributed by atoms with Crippen LogP contribution in [0.3, 0.4) is 0 Å². The highest BCUT2D eigenvalue weighted by atomic mass is 79.9. The van der Waals surface area contributed by atoms with Crippen LogP contribution in [0.4, 0.5) is 5.69 Å². The molecule has 1 amide bonds. The van der Waals surface area contributed by atoms with E-state index < -0.39 is 4.92 Å². The van der Waals surface area contributed by atoms with Gasteiger partial charge in [-0.2, -0.15) is 0 Å². The van der Waals surface area contributed by atoms with E-state index in [2.05, 4.69) is 21.2 Å². The molecule has 0 aliphatic rings. The number of benzene rings is 1. The first kappa shape index (κ1) is 15.6. The number of nitrogens with one attached hydrogen (secondary N) is 1. The van der Waals surface area contributed by atoms with Crippen molar-refractivity contribution in [3.05, 3.63) is 38.3 Å². The van der Waals surface area contributed by atoms with Crippen LogP contribution in [-0.4, -0.2) is 16.9 Å². The molecule has 1 atom stereocenters. The van der Waals surface area contributed by atoms with E-state index >= 15 is 0 Å². The van der Waals surface area contributed by atoms with Crippen LogP contribution < -0.4 is 5.32 Å². The van der Waals surface area contributed by atoms with Crippen LogP contribution in [0.2, 0.25) is 0 Å². The minimum atomic E-state index is -0.517. The molecule has 0 aliphatic carbocycles. The number of nitrogens with zero attached hydrogens (tertiary/aromatic N) is 1. The number of rotatable bonds is 3. The second-order valence-electron chi connectivity index (χ2n) is 5.48. The van der Waals surface area contributed by atoms with Crippen LogP contribution >= 0.6 is 15.9 Å². The monoisotopic (exact) mass is 328 g/mol. The Morgan fingerprint density at radius 3 is 2.47 bits per heavy atom. The van der Waals surface area contributed by atoms with Crippen LogP contribution in [0.25, 0.3) is 0 Å². The van der Waals surface area contributed by atoms with Crippen molar-refractivity contribution in [1.82, 2.24) is 5.32 Å². The van der Waals surface area contributed by atoms with Crippen molar-refractivity contribution in [2.75, 3.05) is 0 Å². The SMILES string of the molecule is C[C@@H](NC(=O)c1cc([N+](=O)[O-])ccc1Br)C(C)(C)C. The summed E-state index contributed by atoms with van der Waals surface area (Å²) in [5, 5.41) is 13.6. The summed E-state index contributed by atoms with van der Waals surface area (Å²) in [6, 6.07) is 4.09. The van der Waals surface area contributed by atoms with E-state index in [1.807, 2.05) is 27.7 Å². The molecule has 0 spiro atoms. The van der Waals surface area contributed by atoms with Crippen molar-refractivity contribution in [3.8, 4) is 0 Å². The van der Waals surface area contributed by atoms with E-state index in [1.54, 1.807) is 0 Å². The number of carbonyl (C=O) groups excluding carboxylic acids is 1. The van der Waals surface area contributed by atoms with Crippen molar-refractivity contribution in [1.29, 1.82) is 0 Å². The molecule has 0 aromatic heterocycles. The molecule has 0 saturated heterocycles. The standard InChI is InChI=1S/C13H17BrN2O3/c1-8(13(2,3)4)15-12(17)10-7-9(16(18)19)5-6-11(10)14/h5-8H,1-4H3,(H,15,17)/t8-/m1/s1. The summed E-state index contributed by atoms with van der Waals surface area (Å²) in [4.78, 5) is 22.3. The van der Waals surface area contributed by atoms with Gasteiger partial charge in [0.1, 0.15) is 0 Å². The number of non-ortho nitro benzene ring substituents is 1. The van der Waals surface area contributed by atoms with Crippen molar-refractivity contribution in [2.45, 2.75) is 33.7 Å². The fourth-order valence-electron chi connectivity index (χ4n) is 1.29.